The van der Waals surface area contributed by atoms with Gasteiger partial charge in [-0.15, -0.1) is 0 Å². The van der Waals surface area contributed by atoms with Crippen LogP contribution in [-0.2, 0) is 20.7 Å². The summed E-state index contributed by atoms with van der Waals surface area (Å²) in [4.78, 5) is 17.1. The molecule has 0 radical (unpaired) electrons. The molecule has 0 bridgehead atoms. The summed E-state index contributed by atoms with van der Waals surface area (Å²) in [5.41, 5.74) is 1.43. The molecule has 140 valence electrons. The number of likely N-dealkylation sites (tertiary alicyclic amines) is 2. The summed E-state index contributed by atoms with van der Waals surface area (Å²) >= 11 is 1.66. The van der Waals surface area contributed by atoms with Gasteiger partial charge in [-0.05, 0) is 40.6 Å². The first-order chi connectivity index (χ1) is 12.2. The molecule has 1 unspecified atom stereocenters. The van der Waals surface area contributed by atoms with Gasteiger partial charge in [-0.25, -0.2) is 0 Å². The number of nitrogens with zero attached hydrogens (tertiary/aromatic N) is 2. The maximum atomic E-state index is 12.6. The van der Waals surface area contributed by atoms with Crippen molar-refractivity contribution >= 4 is 17.2 Å². The fraction of sp³-hybridized carbons (Fsp3) is 0.737. The van der Waals surface area contributed by atoms with Crippen molar-refractivity contribution in [1.29, 1.82) is 0 Å². The number of methoxy groups -OCH3 is 2. The number of amides is 1. The highest BCUT2D eigenvalue weighted by atomic mass is 32.1. The van der Waals surface area contributed by atoms with Gasteiger partial charge in [0, 0.05) is 52.9 Å². The molecule has 1 spiro atoms. The Morgan fingerprint density at radius 2 is 2.12 bits per heavy atom. The van der Waals surface area contributed by atoms with Crippen molar-refractivity contribution in [3.8, 4) is 0 Å². The molecule has 6 heteroatoms. The molecule has 1 amide bonds. The van der Waals surface area contributed by atoms with E-state index in [4.69, 9.17) is 9.47 Å². The molecule has 2 fully saturated rings. The first kappa shape index (κ1) is 18.8. The highest BCUT2D eigenvalue weighted by molar-refractivity contribution is 7.07. The molecule has 1 aromatic rings. The number of hydrogen-bond acceptors (Lipinski definition) is 5. The predicted octanol–water partition coefficient (Wildman–Crippen LogP) is 2.12. The van der Waals surface area contributed by atoms with Crippen molar-refractivity contribution in [3.63, 3.8) is 0 Å². The number of carbonyl (C=O) groups is 1. The average Bonchev–Trinajstić information content (AvgIpc) is 3.23. The fourth-order valence-electron chi connectivity index (χ4n) is 4.41. The zero-order valence-electron chi connectivity index (χ0n) is 15.4. The van der Waals surface area contributed by atoms with E-state index >= 15 is 0 Å². The molecule has 1 aromatic heterocycles. The maximum absolute atomic E-state index is 12.6. The van der Waals surface area contributed by atoms with Crippen molar-refractivity contribution in [3.05, 3.63) is 22.4 Å². The van der Waals surface area contributed by atoms with Crippen LogP contribution < -0.4 is 0 Å². The van der Waals surface area contributed by atoms with Gasteiger partial charge >= 0.3 is 0 Å². The summed E-state index contributed by atoms with van der Waals surface area (Å²) in [6.45, 7) is 6.52. The van der Waals surface area contributed by atoms with Gasteiger partial charge in [-0.1, -0.05) is 0 Å². The maximum Gasteiger partial charge on any atom is 0.227 e. The minimum absolute atomic E-state index is 0.269. The van der Waals surface area contributed by atoms with Crippen molar-refractivity contribution in [1.82, 2.24) is 9.80 Å². The van der Waals surface area contributed by atoms with Crippen molar-refractivity contribution in [2.45, 2.75) is 19.3 Å². The Kier molecular flexibility index (Phi) is 6.49. The molecule has 3 rings (SSSR count). The van der Waals surface area contributed by atoms with Crippen LogP contribution in [0.25, 0.3) is 0 Å². The third kappa shape index (κ3) is 4.42. The van der Waals surface area contributed by atoms with Crippen LogP contribution in [0.4, 0.5) is 0 Å². The molecular formula is C19H30N2O3S. The monoisotopic (exact) mass is 366 g/mol. The lowest BCUT2D eigenvalue weighted by molar-refractivity contribution is -0.133. The Bertz CT molecular complexity index is 541. The molecule has 5 nitrogen and oxygen atoms in total. The average molecular weight is 367 g/mol. The largest absolute Gasteiger partial charge is 0.384 e. The van der Waals surface area contributed by atoms with Crippen LogP contribution in [0.2, 0.25) is 0 Å². The minimum Gasteiger partial charge on any atom is -0.384 e. The van der Waals surface area contributed by atoms with Gasteiger partial charge in [0.05, 0.1) is 19.6 Å². The van der Waals surface area contributed by atoms with Crippen molar-refractivity contribution in [2.24, 2.45) is 11.3 Å². The van der Waals surface area contributed by atoms with E-state index in [0.29, 0.717) is 17.8 Å². The number of rotatable bonds is 7. The third-order valence-corrected chi connectivity index (χ3v) is 6.64. The highest BCUT2D eigenvalue weighted by Crippen LogP contribution is 2.44. The van der Waals surface area contributed by atoms with Crippen LogP contribution in [-0.4, -0.2) is 75.9 Å². The smallest absolute Gasteiger partial charge is 0.227 e. The minimum atomic E-state index is 0.269. The molecule has 0 aliphatic carbocycles. The van der Waals surface area contributed by atoms with E-state index in [1.54, 1.807) is 25.6 Å². The Morgan fingerprint density at radius 1 is 1.32 bits per heavy atom. The van der Waals surface area contributed by atoms with E-state index < -0.39 is 0 Å². The van der Waals surface area contributed by atoms with Crippen molar-refractivity contribution < 1.29 is 14.3 Å². The van der Waals surface area contributed by atoms with Crippen LogP contribution in [0.3, 0.4) is 0 Å². The van der Waals surface area contributed by atoms with E-state index in [0.717, 1.165) is 64.3 Å². The second-order valence-electron chi connectivity index (χ2n) is 7.43. The van der Waals surface area contributed by atoms with Gasteiger partial charge in [-0.3, -0.25) is 4.79 Å². The summed E-state index contributed by atoms with van der Waals surface area (Å²) in [6.07, 6.45) is 2.71. The van der Waals surface area contributed by atoms with Gasteiger partial charge in [0.1, 0.15) is 0 Å². The zero-order valence-corrected chi connectivity index (χ0v) is 16.2. The lowest BCUT2D eigenvalue weighted by Crippen LogP contribution is -2.47. The van der Waals surface area contributed by atoms with Crippen LogP contribution in [0.1, 0.15) is 18.4 Å². The molecule has 3 heterocycles. The molecule has 2 aliphatic heterocycles. The van der Waals surface area contributed by atoms with E-state index in [1.165, 1.54) is 0 Å². The number of piperidine rings is 1. The second-order valence-corrected chi connectivity index (χ2v) is 8.21. The third-order valence-electron chi connectivity index (χ3n) is 5.91. The number of ether oxygens (including phenoxy) is 2. The summed E-state index contributed by atoms with van der Waals surface area (Å²) in [7, 11) is 3.56. The summed E-state index contributed by atoms with van der Waals surface area (Å²) in [5, 5.41) is 4.11. The Balaban J connectivity index is 1.57. The zero-order chi connectivity index (χ0) is 17.7. The molecule has 2 saturated heterocycles. The van der Waals surface area contributed by atoms with Crippen LogP contribution in [0.15, 0.2) is 16.8 Å². The molecule has 25 heavy (non-hydrogen) atoms. The summed E-state index contributed by atoms with van der Waals surface area (Å²) in [6, 6.07) is 2.05. The molecule has 0 saturated carbocycles. The SMILES string of the molecule is COCCN1CC(COC)C2(CCN(C(=O)Cc3ccsc3)CC2)C1. The van der Waals surface area contributed by atoms with E-state index in [9.17, 15) is 4.79 Å². The summed E-state index contributed by atoms with van der Waals surface area (Å²) < 4.78 is 10.8. The molecule has 0 aromatic carbocycles. The van der Waals surface area contributed by atoms with Crippen LogP contribution >= 0.6 is 11.3 Å². The quantitative estimate of drug-likeness (QED) is 0.741. The van der Waals surface area contributed by atoms with E-state index in [1.807, 2.05) is 11.4 Å². The molecule has 0 N–H and O–H groups in total. The van der Waals surface area contributed by atoms with Crippen LogP contribution in [0, 0.1) is 11.3 Å². The summed E-state index contributed by atoms with van der Waals surface area (Å²) in [5.74, 6) is 0.828. The Labute approximate surface area is 154 Å². The van der Waals surface area contributed by atoms with Gasteiger partial charge in [0.15, 0.2) is 0 Å². The van der Waals surface area contributed by atoms with Crippen molar-refractivity contribution in [2.75, 3.05) is 60.2 Å². The molecular weight excluding hydrogens is 336 g/mol. The first-order valence-electron chi connectivity index (χ1n) is 9.16. The first-order valence-corrected chi connectivity index (χ1v) is 10.1. The Hall–Kier alpha value is -0.950. The van der Waals surface area contributed by atoms with Gasteiger partial charge in [-0.2, -0.15) is 11.3 Å². The van der Waals surface area contributed by atoms with E-state index in [2.05, 4.69) is 15.2 Å². The number of thiophene rings is 1. The topological polar surface area (TPSA) is 42.0 Å². The Morgan fingerprint density at radius 3 is 2.76 bits per heavy atom. The fourth-order valence-corrected chi connectivity index (χ4v) is 5.08. The van der Waals surface area contributed by atoms with Gasteiger partial charge < -0.3 is 19.3 Å². The number of hydrogen-bond donors (Lipinski definition) is 0. The standard InChI is InChI=1S/C19H30N2O3S/c1-23-9-8-20-12-17(13-24-2)19(15-20)4-6-21(7-5-19)18(22)11-16-3-10-25-14-16/h3,10,14,17H,4-9,11-13,15H2,1-2H3. The lowest BCUT2D eigenvalue weighted by atomic mass is 9.71. The van der Waals surface area contributed by atoms with Gasteiger partial charge in [0.25, 0.3) is 0 Å². The predicted molar refractivity (Wildman–Crippen MR) is 100.0 cm³/mol. The number of carbonyl (C=O) groups excluding carboxylic acids is 1. The molecule has 2 aliphatic rings. The second kappa shape index (κ2) is 8.62. The molecule has 1 atom stereocenters. The lowest BCUT2D eigenvalue weighted by Gasteiger charge is -2.42. The van der Waals surface area contributed by atoms with Gasteiger partial charge in [0.2, 0.25) is 5.91 Å². The van der Waals surface area contributed by atoms with E-state index in [-0.39, 0.29) is 5.91 Å². The normalized spacial score (nSPS) is 23.4. The highest BCUT2D eigenvalue weighted by Gasteiger charge is 2.48. The van der Waals surface area contributed by atoms with Crippen LogP contribution in [0.5, 0.6) is 0 Å².